The lowest BCUT2D eigenvalue weighted by molar-refractivity contribution is 0.270. The molecule has 0 heterocycles. The Morgan fingerprint density at radius 3 is 2.43 bits per heavy atom. The summed E-state index contributed by atoms with van der Waals surface area (Å²) in [6, 6.07) is 0.706. The smallest absolute Gasteiger partial charge is 0.180 e. The summed E-state index contributed by atoms with van der Waals surface area (Å²) in [5.41, 5.74) is -0.128. The molecule has 0 saturated heterocycles. The second kappa shape index (κ2) is 4.19. The summed E-state index contributed by atoms with van der Waals surface area (Å²) >= 11 is 5.22. The molecule has 1 aromatic carbocycles. The van der Waals surface area contributed by atoms with Crippen molar-refractivity contribution in [1.82, 2.24) is 0 Å². The van der Waals surface area contributed by atoms with Crippen LogP contribution in [0, 0.1) is 17.5 Å². The number of hydrogen-bond acceptors (Lipinski definition) is 1. The summed E-state index contributed by atoms with van der Waals surface area (Å²) in [7, 11) is 0. The predicted octanol–water partition coefficient (Wildman–Crippen LogP) is 2.85. The molecule has 0 bridgehead atoms. The third kappa shape index (κ3) is 1.86. The number of aliphatic hydroxyl groups is 1. The number of aliphatic hydroxyl groups excluding tert-OH is 1. The Hall–Kier alpha value is -0.740. The zero-order valence-electron chi connectivity index (χ0n) is 7.32. The van der Waals surface area contributed by atoms with Gasteiger partial charge in [-0.2, -0.15) is 0 Å². The third-order valence-electron chi connectivity index (χ3n) is 1.94. The summed E-state index contributed by atoms with van der Waals surface area (Å²) < 4.78 is 38.8. The quantitative estimate of drug-likeness (QED) is 0.605. The molecule has 0 aliphatic carbocycles. The monoisotopic (exact) mass is 224 g/mol. The molecule has 1 nitrogen and oxygen atoms in total. The zero-order chi connectivity index (χ0) is 10.9. The van der Waals surface area contributed by atoms with Crippen molar-refractivity contribution < 1.29 is 18.3 Å². The van der Waals surface area contributed by atoms with Crippen molar-refractivity contribution in [3.8, 4) is 0 Å². The minimum absolute atomic E-state index is 0.128. The molecule has 0 aliphatic rings. The third-order valence-corrected chi connectivity index (χ3v) is 2.27. The first-order chi connectivity index (χ1) is 6.49. The normalized spacial score (nSPS) is 13.0. The van der Waals surface area contributed by atoms with Crippen molar-refractivity contribution in [2.75, 3.05) is 6.61 Å². The molecule has 5 heteroatoms. The maximum Gasteiger partial charge on any atom is 0.180 e. The van der Waals surface area contributed by atoms with Crippen LogP contribution in [0.2, 0.25) is 5.02 Å². The van der Waals surface area contributed by atoms with E-state index in [0.29, 0.717) is 6.07 Å². The SMILES string of the molecule is CC(CO)c1cc(F)c(F)c(Cl)c1F. The van der Waals surface area contributed by atoms with Gasteiger partial charge in [0.2, 0.25) is 0 Å². The molecular formula is C9H8ClF3O. The maximum absolute atomic E-state index is 13.2. The molecule has 78 valence electrons. The van der Waals surface area contributed by atoms with E-state index in [4.69, 9.17) is 16.7 Å². The van der Waals surface area contributed by atoms with Crippen LogP contribution in [0.15, 0.2) is 6.07 Å². The molecule has 14 heavy (non-hydrogen) atoms. The fourth-order valence-electron chi connectivity index (χ4n) is 1.05. The van der Waals surface area contributed by atoms with Gasteiger partial charge in [0, 0.05) is 12.5 Å². The van der Waals surface area contributed by atoms with Crippen molar-refractivity contribution in [3.05, 3.63) is 34.1 Å². The predicted molar refractivity (Wildman–Crippen MR) is 46.8 cm³/mol. The van der Waals surface area contributed by atoms with Crippen molar-refractivity contribution in [2.45, 2.75) is 12.8 Å². The Labute approximate surface area is 84.1 Å². The summed E-state index contributed by atoms with van der Waals surface area (Å²) in [5, 5.41) is 7.86. The highest BCUT2D eigenvalue weighted by molar-refractivity contribution is 6.31. The van der Waals surface area contributed by atoms with Gasteiger partial charge in [-0.05, 0) is 11.6 Å². The summed E-state index contributed by atoms with van der Waals surface area (Å²) in [4.78, 5) is 0. The van der Waals surface area contributed by atoms with Gasteiger partial charge >= 0.3 is 0 Å². The Morgan fingerprint density at radius 2 is 1.93 bits per heavy atom. The lowest BCUT2D eigenvalue weighted by Crippen LogP contribution is -2.05. The number of benzene rings is 1. The molecular weight excluding hydrogens is 217 g/mol. The van der Waals surface area contributed by atoms with E-state index in [0.717, 1.165) is 0 Å². The van der Waals surface area contributed by atoms with Crippen LogP contribution in [0.3, 0.4) is 0 Å². The van der Waals surface area contributed by atoms with Gasteiger partial charge in [-0.1, -0.05) is 18.5 Å². The summed E-state index contributed by atoms with van der Waals surface area (Å²) in [5.74, 6) is -4.26. The molecule has 0 saturated carbocycles. The Balaban J connectivity index is 3.33. The van der Waals surface area contributed by atoms with Crippen LogP contribution in [0.1, 0.15) is 18.4 Å². The van der Waals surface area contributed by atoms with Crippen LogP contribution in [0.25, 0.3) is 0 Å². The zero-order valence-corrected chi connectivity index (χ0v) is 8.08. The lowest BCUT2D eigenvalue weighted by Gasteiger charge is -2.11. The average Bonchev–Trinajstić information content (AvgIpc) is 2.19. The van der Waals surface area contributed by atoms with E-state index >= 15 is 0 Å². The van der Waals surface area contributed by atoms with Gasteiger partial charge in [-0.25, -0.2) is 13.2 Å². The molecule has 0 spiro atoms. The van der Waals surface area contributed by atoms with E-state index in [1.165, 1.54) is 6.92 Å². The van der Waals surface area contributed by atoms with Gasteiger partial charge < -0.3 is 5.11 Å². The average molecular weight is 225 g/mol. The van der Waals surface area contributed by atoms with Gasteiger partial charge in [0.05, 0.1) is 0 Å². The van der Waals surface area contributed by atoms with Crippen LogP contribution < -0.4 is 0 Å². The van der Waals surface area contributed by atoms with Gasteiger partial charge in [-0.15, -0.1) is 0 Å². The standard InChI is InChI=1S/C9H8ClF3O/c1-4(3-14)5-2-6(11)9(13)7(10)8(5)12/h2,4,14H,3H2,1H3. The molecule has 1 aromatic rings. The van der Waals surface area contributed by atoms with Crippen LogP contribution >= 0.6 is 11.6 Å². The van der Waals surface area contributed by atoms with Crippen molar-refractivity contribution >= 4 is 11.6 Å². The highest BCUT2D eigenvalue weighted by atomic mass is 35.5. The highest BCUT2D eigenvalue weighted by Crippen LogP contribution is 2.28. The van der Waals surface area contributed by atoms with E-state index in [9.17, 15) is 13.2 Å². The first kappa shape index (κ1) is 11.3. The molecule has 0 aliphatic heterocycles. The lowest BCUT2D eigenvalue weighted by atomic mass is 10.0. The topological polar surface area (TPSA) is 20.2 Å². The van der Waals surface area contributed by atoms with Crippen LogP contribution in [-0.4, -0.2) is 11.7 Å². The Morgan fingerprint density at radius 1 is 1.36 bits per heavy atom. The largest absolute Gasteiger partial charge is 0.396 e. The summed E-state index contributed by atoms with van der Waals surface area (Å²) in [6.07, 6.45) is 0. The molecule has 0 amide bonds. The fraction of sp³-hybridized carbons (Fsp3) is 0.333. The second-order valence-corrected chi connectivity index (χ2v) is 3.35. The van der Waals surface area contributed by atoms with E-state index in [1.807, 2.05) is 0 Å². The van der Waals surface area contributed by atoms with Gasteiger partial charge in [-0.3, -0.25) is 0 Å². The molecule has 1 unspecified atom stereocenters. The number of halogens is 4. The van der Waals surface area contributed by atoms with E-state index in [-0.39, 0.29) is 12.2 Å². The molecule has 0 radical (unpaired) electrons. The van der Waals surface area contributed by atoms with Crippen LogP contribution in [-0.2, 0) is 0 Å². The highest BCUT2D eigenvalue weighted by Gasteiger charge is 2.20. The molecule has 1 rings (SSSR count). The number of rotatable bonds is 2. The van der Waals surface area contributed by atoms with Crippen LogP contribution in [0.4, 0.5) is 13.2 Å². The minimum Gasteiger partial charge on any atom is -0.396 e. The van der Waals surface area contributed by atoms with Gasteiger partial charge in [0.1, 0.15) is 10.8 Å². The van der Waals surface area contributed by atoms with E-state index in [2.05, 4.69) is 0 Å². The molecule has 0 aromatic heterocycles. The van der Waals surface area contributed by atoms with Crippen LogP contribution in [0.5, 0.6) is 0 Å². The first-order valence-corrected chi connectivity index (χ1v) is 4.30. The number of hydrogen-bond donors (Lipinski definition) is 1. The minimum atomic E-state index is -1.40. The molecule has 1 N–H and O–H groups in total. The van der Waals surface area contributed by atoms with Crippen molar-refractivity contribution in [1.29, 1.82) is 0 Å². The Bertz CT molecular complexity index is 354. The van der Waals surface area contributed by atoms with E-state index < -0.39 is 28.4 Å². The van der Waals surface area contributed by atoms with Crippen molar-refractivity contribution in [2.24, 2.45) is 0 Å². The van der Waals surface area contributed by atoms with Gasteiger partial charge in [0.25, 0.3) is 0 Å². The summed E-state index contributed by atoms with van der Waals surface area (Å²) in [6.45, 7) is 1.12. The first-order valence-electron chi connectivity index (χ1n) is 3.92. The maximum atomic E-state index is 13.2. The second-order valence-electron chi connectivity index (χ2n) is 2.97. The molecule has 0 fully saturated rings. The fourth-order valence-corrected chi connectivity index (χ4v) is 1.25. The molecule has 1 atom stereocenters. The van der Waals surface area contributed by atoms with E-state index in [1.54, 1.807) is 0 Å². The van der Waals surface area contributed by atoms with Gasteiger partial charge in [0.15, 0.2) is 11.6 Å². The van der Waals surface area contributed by atoms with Crippen molar-refractivity contribution in [3.63, 3.8) is 0 Å². The Kier molecular flexibility index (Phi) is 3.39.